The SMILES string of the molecule is COc1ccc(C2CCCN2C(=O)Cc2cc(C(F)(F)F)ccc2N2CCOCC2)cc1. The van der Waals surface area contributed by atoms with Crippen LogP contribution in [-0.4, -0.2) is 50.8 Å². The number of hydrogen-bond acceptors (Lipinski definition) is 4. The van der Waals surface area contributed by atoms with Crippen molar-refractivity contribution >= 4 is 11.6 Å². The van der Waals surface area contributed by atoms with Gasteiger partial charge in [0.15, 0.2) is 0 Å². The minimum atomic E-state index is -4.46. The van der Waals surface area contributed by atoms with Crippen molar-refractivity contribution in [2.75, 3.05) is 44.9 Å². The molecular formula is C24H27F3N2O3. The van der Waals surface area contributed by atoms with Crippen LogP contribution in [0.2, 0.25) is 0 Å². The highest BCUT2D eigenvalue weighted by Crippen LogP contribution is 2.36. The van der Waals surface area contributed by atoms with Gasteiger partial charge in [0, 0.05) is 25.3 Å². The Morgan fingerprint density at radius 3 is 2.47 bits per heavy atom. The van der Waals surface area contributed by atoms with Gasteiger partial charge in [0.1, 0.15) is 5.75 Å². The van der Waals surface area contributed by atoms with Gasteiger partial charge in [-0.15, -0.1) is 0 Å². The molecule has 0 aromatic heterocycles. The summed E-state index contributed by atoms with van der Waals surface area (Å²) in [5.41, 5.74) is 1.36. The number of morpholine rings is 1. The third-order valence-electron chi connectivity index (χ3n) is 6.17. The zero-order valence-electron chi connectivity index (χ0n) is 18.0. The molecule has 8 heteroatoms. The first-order chi connectivity index (χ1) is 15.4. The van der Waals surface area contributed by atoms with E-state index in [1.807, 2.05) is 29.2 Å². The summed E-state index contributed by atoms with van der Waals surface area (Å²) in [5.74, 6) is 0.584. The Kier molecular flexibility index (Phi) is 6.60. The lowest BCUT2D eigenvalue weighted by atomic mass is 10.0. The average molecular weight is 448 g/mol. The molecule has 32 heavy (non-hydrogen) atoms. The van der Waals surface area contributed by atoms with E-state index < -0.39 is 11.7 Å². The van der Waals surface area contributed by atoms with E-state index in [0.29, 0.717) is 44.1 Å². The second-order valence-electron chi connectivity index (χ2n) is 8.14. The summed E-state index contributed by atoms with van der Waals surface area (Å²) in [6.45, 7) is 2.80. The first kappa shape index (κ1) is 22.5. The van der Waals surface area contributed by atoms with Gasteiger partial charge in [-0.1, -0.05) is 12.1 Å². The van der Waals surface area contributed by atoms with Crippen molar-refractivity contribution in [1.82, 2.24) is 4.90 Å². The van der Waals surface area contributed by atoms with Gasteiger partial charge in [0.25, 0.3) is 0 Å². The van der Waals surface area contributed by atoms with Crippen LogP contribution < -0.4 is 9.64 Å². The molecule has 2 aromatic carbocycles. The summed E-state index contributed by atoms with van der Waals surface area (Å²) in [6, 6.07) is 11.2. The van der Waals surface area contributed by atoms with Crippen molar-refractivity contribution in [1.29, 1.82) is 0 Å². The number of carbonyl (C=O) groups excluding carboxylic acids is 1. The molecule has 0 bridgehead atoms. The molecule has 5 nitrogen and oxygen atoms in total. The van der Waals surface area contributed by atoms with E-state index in [1.54, 1.807) is 12.0 Å². The number of ether oxygens (including phenoxy) is 2. The van der Waals surface area contributed by atoms with Crippen LogP contribution in [0.25, 0.3) is 0 Å². The Hall–Kier alpha value is -2.74. The Labute approximate surface area is 185 Å². The molecule has 0 radical (unpaired) electrons. The average Bonchev–Trinajstić information content (AvgIpc) is 3.29. The number of carbonyl (C=O) groups is 1. The topological polar surface area (TPSA) is 42.0 Å². The molecule has 0 spiro atoms. The van der Waals surface area contributed by atoms with Gasteiger partial charge in [-0.25, -0.2) is 0 Å². The third-order valence-corrected chi connectivity index (χ3v) is 6.17. The molecular weight excluding hydrogens is 421 g/mol. The minimum Gasteiger partial charge on any atom is -0.497 e. The summed E-state index contributed by atoms with van der Waals surface area (Å²) in [4.78, 5) is 17.1. The van der Waals surface area contributed by atoms with Crippen LogP contribution in [0, 0.1) is 0 Å². The van der Waals surface area contributed by atoms with Gasteiger partial charge in [-0.3, -0.25) is 4.79 Å². The highest BCUT2D eigenvalue weighted by atomic mass is 19.4. The summed E-state index contributed by atoms with van der Waals surface area (Å²) in [5, 5.41) is 0. The third kappa shape index (κ3) is 4.85. The summed E-state index contributed by atoms with van der Waals surface area (Å²) in [7, 11) is 1.60. The van der Waals surface area contributed by atoms with E-state index in [9.17, 15) is 18.0 Å². The molecule has 1 amide bonds. The number of benzene rings is 2. The second kappa shape index (κ2) is 9.40. The number of hydrogen-bond donors (Lipinski definition) is 0. The molecule has 1 unspecified atom stereocenters. The number of methoxy groups -OCH3 is 1. The Morgan fingerprint density at radius 2 is 1.81 bits per heavy atom. The lowest BCUT2D eigenvalue weighted by Gasteiger charge is -2.32. The predicted octanol–water partition coefficient (Wildman–Crippen LogP) is 4.46. The van der Waals surface area contributed by atoms with Gasteiger partial charge in [-0.2, -0.15) is 13.2 Å². The van der Waals surface area contributed by atoms with Crippen molar-refractivity contribution in [3.8, 4) is 5.75 Å². The van der Waals surface area contributed by atoms with Crippen LogP contribution in [-0.2, 0) is 22.1 Å². The zero-order valence-corrected chi connectivity index (χ0v) is 18.0. The molecule has 0 N–H and O–H groups in total. The van der Waals surface area contributed by atoms with Crippen LogP contribution in [0.3, 0.4) is 0 Å². The van der Waals surface area contributed by atoms with Crippen molar-refractivity contribution < 1.29 is 27.4 Å². The first-order valence-electron chi connectivity index (χ1n) is 10.8. The number of amides is 1. The minimum absolute atomic E-state index is 0.0662. The van der Waals surface area contributed by atoms with Crippen LogP contribution in [0.1, 0.15) is 35.6 Å². The Balaban J connectivity index is 1.59. The standard InChI is InChI=1S/C24H27F3N2O3/c1-31-20-7-4-17(5-8-20)22-3-2-10-29(22)23(30)16-18-15-19(24(25,26)27)6-9-21(18)28-11-13-32-14-12-28/h4-9,15,22H,2-3,10-14,16H2,1H3. The van der Waals surface area contributed by atoms with Gasteiger partial charge < -0.3 is 19.3 Å². The summed E-state index contributed by atoms with van der Waals surface area (Å²) in [6.07, 6.45) is -2.83. The largest absolute Gasteiger partial charge is 0.497 e. The molecule has 1 atom stereocenters. The number of rotatable bonds is 5. The van der Waals surface area contributed by atoms with Crippen LogP contribution in [0.5, 0.6) is 5.75 Å². The number of halogens is 3. The lowest BCUT2D eigenvalue weighted by Crippen LogP contribution is -2.37. The van der Waals surface area contributed by atoms with E-state index in [4.69, 9.17) is 9.47 Å². The molecule has 172 valence electrons. The maximum atomic E-state index is 13.4. The molecule has 0 aliphatic carbocycles. The highest BCUT2D eigenvalue weighted by molar-refractivity contribution is 5.81. The van der Waals surface area contributed by atoms with Crippen LogP contribution in [0.15, 0.2) is 42.5 Å². The number of anilines is 1. The summed E-state index contributed by atoms with van der Waals surface area (Å²) < 4.78 is 50.7. The van der Waals surface area contributed by atoms with Crippen molar-refractivity contribution in [3.63, 3.8) is 0 Å². The highest BCUT2D eigenvalue weighted by Gasteiger charge is 2.34. The fraction of sp³-hybridized carbons (Fsp3) is 0.458. The molecule has 2 aliphatic heterocycles. The predicted molar refractivity (Wildman–Crippen MR) is 115 cm³/mol. The molecule has 2 saturated heterocycles. The second-order valence-corrected chi connectivity index (χ2v) is 8.14. The van der Waals surface area contributed by atoms with E-state index in [1.165, 1.54) is 6.07 Å². The smallest absolute Gasteiger partial charge is 0.416 e. The van der Waals surface area contributed by atoms with E-state index in [0.717, 1.165) is 36.3 Å². The van der Waals surface area contributed by atoms with Gasteiger partial charge in [0.05, 0.1) is 38.3 Å². The zero-order chi connectivity index (χ0) is 22.7. The Morgan fingerprint density at radius 1 is 1.09 bits per heavy atom. The van der Waals surface area contributed by atoms with Crippen molar-refractivity contribution in [2.24, 2.45) is 0 Å². The molecule has 0 saturated carbocycles. The van der Waals surface area contributed by atoms with E-state index >= 15 is 0 Å². The van der Waals surface area contributed by atoms with Gasteiger partial charge in [0.2, 0.25) is 5.91 Å². The quantitative estimate of drug-likeness (QED) is 0.678. The molecule has 4 rings (SSSR count). The van der Waals surface area contributed by atoms with Crippen molar-refractivity contribution in [3.05, 3.63) is 59.2 Å². The van der Waals surface area contributed by atoms with Crippen molar-refractivity contribution in [2.45, 2.75) is 31.5 Å². The number of likely N-dealkylation sites (tertiary alicyclic amines) is 1. The first-order valence-corrected chi connectivity index (χ1v) is 10.8. The van der Waals surface area contributed by atoms with Crippen LogP contribution in [0.4, 0.5) is 18.9 Å². The maximum absolute atomic E-state index is 13.4. The van der Waals surface area contributed by atoms with E-state index in [2.05, 4.69) is 0 Å². The lowest BCUT2D eigenvalue weighted by molar-refractivity contribution is -0.138. The molecule has 2 fully saturated rings. The number of nitrogens with zero attached hydrogens (tertiary/aromatic N) is 2. The van der Waals surface area contributed by atoms with Gasteiger partial charge in [-0.05, 0) is 54.3 Å². The van der Waals surface area contributed by atoms with Gasteiger partial charge >= 0.3 is 6.18 Å². The Bertz CT molecular complexity index is 940. The molecule has 2 aliphatic rings. The fourth-order valence-electron chi connectivity index (χ4n) is 4.52. The number of alkyl halides is 3. The molecule has 2 heterocycles. The van der Waals surface area contributed by atoms with E-state index in [-0.39, 0.29) is 18.4 Å². The maximum Gasteiger partial charge on any atom is 0.416 e. The molecule has 2 aromatic rings. The van der Waals surface area contributed by atoms with Crippen LogP contribution >= 0.6 is 0 Å². The monoisotopic (exact) mass is 448 g/mol. The fourth-order valence-corrected chi connectivity index (χ4v) is 4.52. The summed E-state index contributed by atoms with van der Waals surface area (Å²) >= 11 is 0. The normalized spacial score (nSPS) is 19.3.